The van der Waals surface area contributed by atoms with E-state index in [1.807, 2.05) is 0 Å². The van der Waals surface area contributed by atoms with Crippen LogP contribution in [0.1, 0.15) is 83.4 Å². The van der Waals surface area contributed by atoms with Gasteiger partial charge in [-0.25, -0.2) is 4.79 Å². The highest BCUT2D eigenvalue weighted by molar-refractivity contribution is 6.21. The van der Waals surface area contributed by atoms with Crippen molar-refractivity contribution in [3.63, 3.8) is 0 Å². The SMILES string of the molecule is COC(=O)CCCCCO[C@@H]1O[C@H](CO[C@H]2O[C@H](CO)[C@H](OC(=O)CCC(C)=O)[C@H](O[C@H]3O[C@@H](C)[C@@H](O)[C@@H](O)[C@@H]3O)[C@H]2OC(=O)c2ccccc2)[C@@H](O)[C@H](O)[C@H]1N1C(=O)c2ccccc2C1=O. The lowest BCUT2D eigenvalue weighted by Crippen LogP contribution is -2.67. The number of hydrogen-bond acceptors (Lipinski definition) is 21. The van der Waals surface area contributed by atoms with E-state index in [1.165, 1.54) is 45.2 Å². The Hall–Kier alpha value is -4.82. The summed E-state index contributed by atoms with van der Waals surface area (Å²) < 4.78 is 52.6. The smallest absolute Gasteiger partial charge is 0.338 e. The van der Waals surface area contributed by atoms with Crippen molar-refractivity contribution in [1.29, 1.82) is 0 Å². The number of benzene rings is 2. The highest BCUT2D eigenvalue weighted by Gasteiger charge is 2.57. The van der Waals surface area contributed by atoms with Crippen molar-refractivity contribution in [2.75, 3.05) is 26.9 Å². The number of ether oxygens (including phenoxy) is 9. The molecule has 22 heteroatoms. The van der Waals surface area contributed by atoms with E-state index in [1.54, 1.807) is 30.3 Å². The fraction of sp³-hybridized carbons (Fsp3) is 0.600. The van der Waals surface area contributed by atoms with Gasteiger partial charge in [0.2, 0.25) is 0 Å². The molecule has 368 valence electrons. The number of rotatable bonds is 20. The van der Waals surface area contributed by atoms with Crippen molar-refractivity contribution in [3.05, 3.63) is 71.3 Å². The molecule has 15 atom stereocenters. The number of amides is 2. The number of esters is 3. The zero-order chi connectivity index (χ0) is 48.5. The summed E-state index contributed by atoms with van der Waals surface area (Å²) in [5.41, 5.74) is 0.117. The molecule has 0 saturated carbocycles. The van der Waals surface area contributed by atoms with E-state index in [-0.39, 0.29) is 41.9 Å². The molecule has 0 bridgehead atoms. The van der Waals surface area contributed by atoms with Crippen LogP contribution in [0.25, 0.3) is 0 Å². The number of carbonyl (C=O) groups is 6. The van der Waals surface area contributed by atoms with Gasteiger partial charge in [0.15, 0.2) is 31.1 Å². The number of aliphatic hydroxyl groups excluding tert-OH is 6. The third kappa shape index (κ3) is 12.1. The number of carbonyl (C=O) groups excluding carboxylic acids is 6. The van der Waals surface area contributed by atoms with Gasteiger partial charge in [-0.1, -0.05) is 36.8 Å². The zero-order valence-corrected chi connectivity index (χ0v) is 37.0. The van der Waals surface area contributed by atoms with Gasteiger partial charge in [0.25, 0.3) is 11.8 Å². The maximum atomic E-state index is 13.8. The van der Waals surface area contributed by atoms with Crippen LogP contribution in [0.4, 0.5) is 0 Å². The van der Waals surface area contributed by atoms with Gasteiger partial charge in [0.1, 0.15) is 60.7 Å². The standard InChI is InChI=1S/C45H57NO21/c1-22(48)17-18-30(50)65-37-27(20-47)63-45(39(66-42(58)24-12-6-4-7-13-24)38(37)67-44-36(55)35(54)32(51)23(2)62-44)61-21-28-33(52)34(53)31(43(64-28)60-19-11-5-8-16-29(49)59-3)46-40(56)25-14-9-10-15-26(25)41(46)57/h4,6-7,9-10,12-15,23,27-28,31-39,43-45,47,51-55H,5,8,11,16-21H2,1-3H3/t23-,27+,28+,31+,32+,33+,34+,35+,36-,37-,38-,39+,43+,44+,45-/m0/s1. The van der Waals surface area contributed by atoms with Gasteiger partial charge in [-0.3, -0.25) is 24.1 Å². The van der Waals surface area contributed by atoms with E-state index < -0.39 is 141 Å². The lowest BCUT2D eigenvalue weighted by molar-refractivity contribution is -0.361. The van der Waals surface area contributed by atoms with E-state index in [2.05, 4.69) is 4.74 Å². The molecular formula is C45H57NO21. The molecule has 2 aromatic rings. The molecule has 6 rings (SSSR count). The average Bonchev–Trinajstić information content (AvgIpc) is 3.57. The average molecular weight is 948 g/mol. The van der Waals surface area contributed by atoms with Gasteiger partial charge in [0, 0.05) is 19.4 Å². The van der Waals surface area contributed by atoms with Crippen molar-refractivity contribution in [1.82, 2.24) is 4.90 Å². The number of unbranched alkanes of at least 4 members (excludes halogenated alkanes) is 2. The molecule has 2 amide bonds. The molecule has 3 fully saturated rings. The Bertz CT molecular complexity index is 2000. The fourth-order valence-electron chi connectivity index (χ4n) is 8.10. The predicted molar refractivity (Wildman–Crippen MR) is 222 cm³/mol. The topological polar surface area (TPSA) is 310 Å². The summed E-state index contributed by atoms with van der Waals surface area (Å²) >= 11 is 0. The van der Waals surface area contributed by atoms with Crippen LogP contribution in [0.3, 0.4) is 0 Å². The number of nitrogens with zero attached hydrogens (tertiary/aromatic N) is 1. The number of methoxy groups -OCH3 is 1. The van der Waals surface area contributed by atoms with Crippen LogP contribution in [0.2, 0.25) is 0 Å². The first-order valence-electron chi connectivity index (χ1n) is 21.9. The molecular weight excluding hydrogens is 890 g/mol. The molecule has 0 aliphatic carbocycles. The highest BCUT2D eigenvalue weighted by atomic mass is 16.8. The summed E-state index contributed by atoms with van der Waals surface area (Å²) in [5.74, 6) is -4.26. The third-order valence-electron chi connectivity index (χ3n) is 11.8. The normalized spacial score (nSPS) is 32.9. The van der Waals surface area contributed by atoms with Gasteiger partial charge >= 0.3 is 17.9 Å². The molecule has 4 heterocycles. The van der Waals surface area contributed by atoms with Crippen LogP contribution in [-0.2, 0) is 57.0 Å². The Kier molecular flexibility index (Phi) is 18.1. The van der Waals surface area contributed by atoms with Crippen LogP contribution >= 0.6 is 0 Å². The number of hydrogen-bond donors (Lipinski definition) is 6. The minimum Gasteiger partial charge on any atom is -0.469 e. The third-order valence-corrected chi connectivity index (χ3v) is 11.8. The zero-order valence-electron chi connectivity index (χ0n) is 37.0. The van der Waals surface area contributed by atoms with Gasteiger partial charge in [-0.05, 0) is 51.0 Å². The first-order valence-corrected chi connectivity index (χ1v) is 21.9. The minimum absolute atomic E-state index is 0.0130. The number of fused-ring (bicyclic) bond motifs is 1. The first-order chi connectivity index (χ1) is 32.1. The lowest BCUT2D eigenvalue weighted by Gasteiger charge is -2.48. The summed E-state index contributed by atoms with van der Waals surface area (Å²) in [7, 11) is 1.27. The summed E-state index contributed by atoms with van der Waals surface area (Å²) in [6, 6.07) is 11.9. The second kappa shape index (κ2) is 23.5. The Morgan fingerprint density at radius 1 is 0.642 bits per heavy atom. The monoisotopic (exact) mass is 947 g/mol. The molecule has 0 unspecified atom stereocenters. The molecule has 2 aromatic carbocycles. The van der Waals surface area contributed by atoms with E-state index in [9.17, 15) is 59.4 Å². The molecule has 22 nitrogen and oxygen atoms in total. The van der Waals surface area contributed by atoms with E-state index in [0.717, 1.165) is 4.90 Å². The van der Waals surface area contributed by atoms with Crippen LogP contribution in [0.15, 0.2) is 54.6 Å². The van der Waals surface area contributed by atoms with Gasteiger partial charge in [-0.2, -0.15) is 0 Å². The molecule has 4 aliphatic rings. The van der Waals surface area contributed by atoms with E-state index in [4.69, 9.17) is 37.9 Å². The summed E-state index contributed by atoms with van der Waals surface area (Å²) in [5, 5.41) is 66.1. The van der Waals surface area contributed by atoms with Crippen LogP contribution in [0, 0.1) is 0 Å². The van der Waals surface area contributed by atoms with E-state index in [0.29, 0.717) is 19.3 Å². The molecule has 0 spiro atoms. The van der Waals surface area contributed by atoms with E-state index >= 15 is 0 Å². The lowest BCUT2D eigenvalue weighted by atomic mass is 9.95. The molecule has 3 saturated heterocycles. The predicted octanol–water partition coefficient (Wildman–Crippen LogP) is -0.699. The van der Waals surface area contributed by atoms with Crippen molar-refractivity contribution in [2.24, 2.45) is 0 Å². The molecule has 4 aliphatic heterocycles. The van der Waals surface area contributed by atoms with Crippen LogP contribution in [-0.4, -0.2) is 190 Å². The van der Waals surface area contributed by atoms with Crippen LogP contribution in [0.5, 0.6) is 0 Å². The maximum Gasteiger partial charge on any atom is 0.338 e. The summed E-state index contributed by atoms with van der Waals surface area (Å²) in [6.07, 6.45) is -23.1. The van der Waals surface area contributed by atoms with Crippen molar-refractivity contribution in [3.8, 4) is 0 Å². The Morgan fingerprint density at radius 2 is 1.30 bits per heavy atom. The van der Waals surface area contributed by atoms with Gasteiger partial charge < -0.3 is 78.1 Å². The fourth-order valence-corrected chi connectivity index (χ4v) is 8.10. The Balaban J connectivity index is 1.30. The quantitative estimate of drug-likeness (QED) is 0.0414. The second-order valence-corrected chi connectivity index (χ2v) is 16.5. The van der Waals surface area contributed by atoms with Crippen LogP contribution < -0.4 is 0 Å². The maximum absolute atomic E-state index is 13.8. The van der Waals surface area contributed by atoms with Crippen molar-refractivity contribution < 1.29 is 102 Å². The summed E-state index contributed by atoms with van der Waals surface area (Å²) in [6.45, 7) is 0.931. The molecule has 67 heavy (non-hydrogen) atoms. The second-order valence-electron chi connectivity index (χ2n) is 16.5. The molecule has 6 N–H and O–H groups in total. The Morgan fingerprint density at radius 3 is 1.94 bits per heavy atom. The van der Waals surface area contributed by atoms with Crippen molar-refractivity contribution in [2.45, 2.75) is 144 Å². The van der Waals surface area contributed by atoms with Crippen molar-refractivity contribution >= 4 is 35.5 Å². The first kappa shape index (κ1) is 51.6. The largest absolute Gasteiger partial charge is 0.469 e. The highest BCUT2D eigenvalue weighted by Crippen LogP contribution is 2.36. The summed E-state index contributed by atoms with van der Waals surface area (Å²) in [4.78, 5) is 78.4. The Labute approximate surface area is 384 Å². The minimum atomic E-state index is -1.94. The number of Topliss-reactive ketones (excluding diaryl/α,β-unsaturated/α-hetero) is 1. The number of ketones is 1. The number of imide groups is 1. The number of aliphatic hydroxyl groups is 6. The molecule has 0 aromatic heterocycles. The molecule has 0 radical (unpaired) electrons. The van der Waals surface area contributed by atoms with Gasteiger partial charge in [0.05, 0.1) is 49.5 Å². The van der Waals surface area contributed by atoms with Gasteiger partial charge in [-0.15, -0.1) is 0 Å².